The van der Waals surface area contributed by atoms with Crippen molar-refractivity contribution in [3.05, 3.63) is 24.2 Å². The molecule has 0 aliphatic heterocycles. The van der Waals surface area contributed by atoms with E-state index in [0.717, 1.165) is 31.6 Å². The number of aliphatic hydroxyl groups is 2. The predicted molar refractivity (Wildman–Crippen MR) is 68.2 cm³/mol. The second-order valence-electron chi connectivity index (χ2n) is 4.24. The van der Waals surface area contributed by atoms with Crippen LogP contribution >= 0.6 is 0 Å². The summed E-state index contributed by atoms with van der Waals surface area (Å²) in [6, 6.07) is 3.65. The van der Waals surface area contributed by atoms with Crippen LogP contribution < -0.4 is 5.32 Å². The largest absolute Gasteiger partial charge is 0.467 e. The maximum Gasteiger partial charge on any atom is 0.129 e. The van der Waals surface area contributed by atoms with Crippen LogP contribution in [0.2, 0.25) is 0 Å². The Labute approximate surface area is 108 Å². The number of aliphatic hydroxyl groups excluding tert-OH is 2. The van der Waals surface area contributed by atoms with Crippen LogP contribution in [0, 0.1) is 0 Å². The van der Waals surface area contributed by atoms with Gasteiger partial charge in [0.25, 0.3) is 0 Å². The van der Waals surface area contributed by atoms with Gasteiger partial charge in [0.15, 0.2) is 0 Å². The molecule has 5 heteroatoms. The van der Waals surface area contributed by atoms with Gasteiger partial charge in [0, 0.05) is 13.2 Å². The molecule has 104 valence electrons. The monoisotopic (exact) mass is 257 g/mol. The highest BCUT2D eigenvalue weighted by Crippen LogP contribution is 2.01. The number of rotatable bonds is 11. The van der Waals surface area contributed by atoms with Crippen molar-refractivity contribution in [1.82, 2.24) is 5.32 Å². The molecule has 3 N–H and O–H groups in total. The van der Waals surface area contributed by atoms with Crippen molar-refractivity contribution < 1.29 is 19.4 Å². The third kappa shape index (κ3) is 7.45. The van der Waals surface area contributed by atoms with E-state index in [1.807, 2.05) is 12.1 Å². The molecule has 18 heavy (non-hydrogen) atoms. The zero-order chi connectivity index (χ0) is 13.1. The maximum absolute atomic E-state index is 9.62. The fourth-order valence-electron chi connectivity index (χ4n) is 1.56. The molecule has 0 aromatic carbocycles. The van der Waals surface area contributed by atoms with Crippen molar-refractivity contribution in [3.8, 4) is 0 Å². The molecule has 1 heterocycles. The average molecular weight is 257 g/mol. The summed E-state index contributed by atoms with van der Waals surface area (Å²) in [5, 5.41) is 21.4. The molecule has 0 saturated carbocycles. The van der Waals surface area contributed by atoms with Crippen LogP contribution in [-0.2, 0) is 11.3 Å². The van der Waals surface area contributed by atoms with Gasteiger partial charge in [-0.15, -0.1) is 0 Å². The lowest BCUT2D eigenvalue weighted by Gasteiger charge is -2.11. The normalized spacial score (nSPS) is 12.8. The number of hydrogen-bond acceptors (Lipinski definition) is 5. The maximum atomic E-state index is 9.62. The summed E-state index contributed by atoms with van der Waals surface area (Å²) in [5.41, 5.74) is 0. The zero-order valence-electron chi connectivity index (χ0n) is 10.7. The van der Waals surface area contributed by atoms with Gasteiger partial charge in [-0.3, -0.25) is 0 Å². The Hall–Kier alpha value is -0.880. The zero-order valence-corrected chi connectivity index (χ0v) is 10.7. The Balaban J connectivity index is 1.89. The minimum Gasteiger partial charge on any atom is -0.467 e. The van der Waals surface area contributed by atoms with Gasteiger partial charge in [-0.25, -0.2) is 0 Å². The molecule has 1 aromatic heterocycles. The third-order valence-electron chi connectivity index (χ3n) is 2.53. The molecule has 0 aliphatic carbocycles. The van der Waals surface area contributed by atoms with Crippen LogP contribution in [-0.4, -0.2) is 42.6 Å². The average Bonchev–Trinajstić information content (AvgIpc) is 2.87. The number of ether oxygens (including phenoxy) is 1. The van der Waals surface area contributed by atoms with Gasteiger partial charge >= 0.3 is 0 Å². The SMILES string of the molecule is OCCCCCNCC(O)COCc1ccco1. The molecule has 0 saturated heterocycles. The van der Waals surface area contributed by atoms with E-state index in [1.54, 1.807) is 6.26 Å². The van der Waals surface area contributed by atoms with Crippen LogP contribution in [0.25, 0.3) is 0 Å². The molecule has 1 unspecified atom stereocenters. The first kappa shape index (κ1) is 15.2. The van der Waals surface area contributed by atoms with Crippen molar-refractivity contribution in [2.24, 2.45) is 0 Å². The number of nitrogens with one attached hydrogen (secondary N) is 1. The molecular weight excluding hydrogens is 234 g/mol. The second kappa shape index (κ2) is 10.1. The summed E-state index contributed by atoms with van der Waals surface area (Å²) in [5.74, 6) is 0.763. The van der Waals surface area contributed by atoms with E-state index >= 15 is 0 Å². The van der Waals surface area contributed by atoms with Gasteiger partial charge in [0.05, 0.1) is 19.0 Å². The first-order valence-corrected chi connectivity index (χ1v) is 6.42. The van der Waals surface area contributed by atoms with Gasteiger partial charge in [-0.2, -0.15) is 0 Å². The summed E-state index contributed by atoms with van der Waals surface area (Å²) < 4.78 is 10.4. The molecule has 0 radical (unpaired) electrons. The fraction of sp³-hybridized carbons (Fsp3) is 0.692. The van der Waals surface area contributed by atoms with E-state index in [2.05, 4.69) is 5.32 Å². The third-order valence-corrected chi connectivity index (χ3v) is 2.53. The van der Waals surface area contributed by atoms with Crippen molar-refractivity contribution in [2.75, 3.05) is 26.3 Å². The minimum absolute atomic E-state index is 0.253. The number of hydrogen-bond donors (Lipinski definition) is 3. The van der Waals surface area contributed by atoms with E-state index in [4.69, 9.17) is 14.3 Å². The van der Waals surface area contributed by atoms with Crippen molar-refractivity contribution in [1.29, 1.82) is 0 Å². The Morgan fingerprint density at radius 2 is 2.22 bits per heavy atom. The molecule has 0 bridgehead atoms. The molecule has 1 rings (SSSR count). The van der Waals surface area contributed by atoms with Crippen LogP contribution in [0.3, 0.4) is 0 Å². The second-order valence-corrected chi connectivity index (χ2v) is 4.24. The summed E-state index contributed by atoms with van der Waals surface area (Å²) in [6.07, 6.45) is 3.96. The first-order valence-electron chi connectivity index (χ1n) is 6.42. The summed E-state index contributed by atoms with van der Waals surface area (Å²) in [4.78, 5) is 0. The lowest BCUT2D eigenvalue weighted by molar-refractivity contribution is 0.0227. The number of furan rings is 1. The molecule has 1 atom stereocenters. The topological polar surface area (TPSA) is 74.9 Å². The van der Waals surface area contributed by atoms with E-state index in [-0.39, 0.29) is 6.61 Å². The Morgan fingerprint density at radius 1 is 1.33 bits per heavy atom. The van der Waals surface area contributed by atoms with E-state index < -0.39 is 6.10 Å². The molecule has 0 spiro atoms. The highest BCUT2D eigenvalue weighted by molar-refractivity contribution is 4.96. The summed E-state index contributed by atoms with van der Waals surface area (Å²) in [6.45, 7) is 2.32. The highest BCUT2D eigenvalue weighted by Gasteiger charge is 2.04. The van der Waals surface area contributed by atoms with Crippen LogP contribution in [0.5, 0.6) is 0 Å². The van der Waals surface area contributed by atoms with Crippen molar-refractivity contribution in [3.63, 3.8) is 0 Å². The van der Waals surface area contributed by atoms with Crippen LogP contribution in [0.15, 0.2) is 22.8 Å². The highest BCUT2D eigenvalue weighted by atomic mass is 16.5. The van der Waals surface area contributed by atoms with E-state index in [0.29, 0.717) is 19.8 Å². The Kier molecular flexibility index (Phi) is 8.50. The smallest absolute Gasteiger partial charge is 0.129 e. The predicted octanol–water partition coefficient (Wildman–Crippen LogP) is 0.909. The molecule has 0 fully saturated rings. The molecule has 5 nitrogen and oxygen atoms in total. The summed E-state index contributed by atoms with van der Waals surface area (Å²) >= 11 is 0. The van der Waals surface area contributed by atoms with Crippen LogP contribution in [0.1, 0.15) is 25.0 Å². The van der Waals surface area contributed by atoms with Gasteiger partial charge < -0.3 is 24.7 Å². The lowest BCUT2D eigenvalue weighted by Crippen LogP contribution is -2.31. The van der Waals surface area contributed by atoms with E-state index in [1.165, 1.54) is 0 Å². The molecule has 1 aromatic rings. The Morgan fingerprint density at radius 3 is 2.94 bits per heavy atom. The van der Waals surface area contributed by atoms with Crippen molar-refractivity contribution >= 4 is 0 Å². The van der Waals surface area contributed by atoms with Crippen molar-refractivity contribution in [2.45, 2.75) is 32.0 Å². The van der Waals surface area contributed by atoms with Gasteiger partial charge in [-0.1, -0.05) is 0 Å². The van der Waals surface area contributed by atoms with Gasteiger partial charge in [0.2, 0.25) is 0 Å². The first-order chi connectivity index (χ1) is 8.83. The lowest BCUT2D eigenvalue weighted by atomic mass is 10.2. The van der Waals surface area contributed by atoms with Gasteiger partial charge in [-0.05, 0) is 37.9 Å². The standard InChI is InChI=1S/C13H23NO4/c15-7-3-1-2-6-14-9-12(16)10-17-11-13-5-4-8-18-13/h4-5,8,12,14-16H,1-3,6-7,9-11H2. The molecular formula is C13H23NO4. The quantitative estimate of drug-likeness (QED) is 0.514. The van der Waals surface area contributed by atoms with Crippen LogP contribution in [0.4, 0.5) is 0 Å². The fourth-order valence-corrected chi connectivity index (χ4v) is 1.56. The van der Waals surface area contributed by atoms with E-state index in [9.17, 15) is 5.11 Å². The van der Waals surface area contributed by atoms with Gasteiger partial charge in [0.1, 0.15) is 12.4 Å². The number of unbranched alkanes of at least 4 members (excludes halogenated alkanes) is 2. The molecule has 0 amide bonds. The summed E-state index contributed by atoms with van der Waals surface area (Å²) in [7, 11) is 0. The Bertz CT molecular complexity index is 277. The molecule has 0 aliphatic rings. The minimum atomic E-state index is -0.502.